The number of nitrogens with zero attached hydrogens (tertiary/aromatic N) is 5. The largest absolute Gasteiger partial charge is 0.492 e. The average molecular weight is 601 g/mol. The fraction of sp³-hybridized carbons (Fsp3) is 0.467. The van der Waals surface area contributed by atoms with Crippen molar-refractivity contribution < 1.29 is 32.2 Å². The van der Waals surface area contributed by atoms with Gasteiger partial charge in [-0.25, -0.2) is 14.8 Å². The molecule has 1 aromatic carbocycles. The molecule has 2 aromatic heterocycles. The van der Waals surface area contributed by atoms with Crippen LogP contribution in [0.3, 0.4) is 0 Å². The second-order valence-corrected chi connectivity index (χ2v) is 10.9. The van der Waals surface area contributed by atoms with E-state index in [-0.39, 0.29) is 17.4 Å². The third-order valence-electron chi connectivity index (χ3n) is 7.46. The first kappa shape index (κ1) is 30.5. The summed E-state index contributed by atoms with van der Waals surface area (Å²) in [6.07, 6.45) is 3.36. The zero-order chi connectivity index (χ0) is 30.6. The van der Waals surface area contributed by atoms with Gasteiger partial charge in [-0.1, -0.05) is 12.1 Å². The van der Waals surface area contributed by atoms with Crippen LogP contribution in [0.2, 0.25) is 0 Å². The highest BCUT2D eigenvalue weighted by molar-refractivity contribution is 6.04. The number of aromatic nitrogens is 3. The number of pyridine rings is 1. The van der Waals surface area contributed by atoms with Crippen LogP contribution in [0.5, 0.6) is 5.75 Å². The van der Waals surface area contributed by atoms with E-state index in [0.29, 0.717) is 42.7 Å². The molecule has 10 nitrogen and oxygen atoms in total. The Morgan fingerprint density at radius 1 is 1.12 bits per heavy atom. The van der Waals surface area contributed by atoms with E-state index in [0.717, 1.165) is 44.4 Å². The summed E-state index contributed by atoms with van der Waals surface area (Å²) in [5, 5.41) is 2.90. The highest BCUT2D eigenvalue weighted by atomic mass is 19.4. The summed E-state index contributed by atoms with van der Waals surface area (Å²) < 4.78 is 56.8. The maximum atomic E-state index is 13.7. The topological polar surface area (TPSA) is 102 Å². The van der Waals surface area contributed by atoms with Crippen LogP contribution >= 0.6 is 0 Å². The fourth-order valence-corrected chi connectivity index (χ4v) is 5.08. The Bertz CT molecular complexity index is 1440. The summed E-state index contributed by atoms with van der Waals surface area (Å²) >= 11 is 0. The predicted molar refractivity (Wildman–Crippen MR) is 155 cm³/mol. The molecule has 1 N–H and O–H groups in total. The number of anilines is 3. The molecular formula is C30H35F3N6O4. The van der Waals surface area contributed by atoms with Gasteiger partial charge in [-0.2, -0.15) is 13.2 Å². The number of benzene rings is 1. The van der Waals surface area contributed by atoms with Crippen molar-refractivity contribution in [2.24, 2.45) is 0 Å². The molecule has 0 radical (unpaired) electrons. The Balaban J connectivity index is 1.29. The van der Waals surface area contributed by atoms with Gasteiger partial charge in [-0.15, -0.1) is 0 Å². The van der Waals surface area contributed by atoms with Crippen molar-refractivity contribution in [3.8, 4) is 17.1 Å². The number of unbranched alkanes of at least 4 members (excludes halogenated alkanes) is 1. The van der Waals surface area contributed by atoms with Crippen molar-refractivity contribution in [2.75, 3.05) is 48.5 Å². The Hall–Kier alpha value is -3.97. The van der Waals surface area contributed by atoms with Crippen LogP contribution in [-0.4, -0.2) is 66.2 Å². The Morgan fingerprint density at radius 3 is 2.72 bits per heavy atom. The van der Waals surface area contributed by atoms with Crippen LogP contribution in [0, 0.1) is 0 Å². The van der Waals surface area contributed by atoms with Crippen molar-refractivity contribution in [3.05, 3.63) is 54.5 Å². The third kappa shape index (κ3) is 7.34. The molecule has 2 aliphatic rings. The summed E-state index contributed by atoms with van der Waals surface area (Å²) in [6, 6.07) is 5.98. The molecule has 3 aromatic rings. The van der Waals surface area contributed by atoms with Gasteiger partial charge in [0, 0.05) is 31.8 Å². The van der Waals surface area contributed by atoms with E-state index < -0.39 is 23.6 Å². The van der Waals surface area contributed by atoms with Crippen LogP contribution in [-0.2, 0) is 15.7 Å². The Labute approximate surface area is 248 Å². The van der Waals surface area contributed by atoms with E-state index in [1.54, 1.807) is 30.5 Å². The number of halogens is 3. The summed E-state index contributed by atoms with van der Waals surface area (Å²) in [4.78, 5) is 30.6. The number of amides is 2. The monoisotopic (exact) mass is 600 g/mol. The first-order valence-corrected chi connectivity index (χ1v) is 14.2. The molecule has 0 saturated carbocycles. The summed E-state index contributed by atoms with van der Waals surface area (Å²) in [7, 11) is 1.60. The molecule has 0 unspecified atom stereocenters. The van der Waals surface area contributed by atoms with E-state index in [2.05, 4.69) is 25.2 Å². The minimum Gasteiger partial charge on any atom is -0.492 e. The molecule has 230 valence electrons. The van der Waals surface area contributed by atoms with E-state index in [4.69, 9.17) is 14.2 Å². The fourth-order valence-electron chi connectivity index (χ4n) is 5.08. The molecule has 2 bridgehead atoms. The SMILES string of the molecule is COC(C)(C)OCCCCOc1cncc(NC(=O)N2c3nc(-c4cccc(C(F)(F)F)c4)ncc3N3CCC[C@H]2C3)c1. The number of hydrogen-bond acceptors (Lipinski definition) is 8. The van der Waals surface area contributed by atoms with Crippen molar-refractivity contribution in [2.45, 2.75) is 57.5 Å². The third-order valence-corrected chi connectivity index (χ3v) is 7.46. The molecule has 0 aliphatic carbocycles. The van der Waals surface area contributed by atoms with Gasteiger partial charge in [0.25, 0.3) is 0 Å². The molecule has 1 fully saturated rings. The lowest BCUT2D eigenvalue weighted by Crippen LogP contribution is -2.56. The zero-order valence-electron chi connectivity index (χ0n) is 24.4. The number of fused-ring (bicyclic) bond motifs is 4. The second kappa shape index (κ2) is 12.7. The smallest absolute Gasteiger partial charge is 0.416 e. The number of ether oxygens (including phenoxy) is 3. The Kier molecular flexibility index (Phi) is 9.02. The van der Waals surface area contributed by atoms with Gasteiger partial charge in [0.15, 0.2) is 17.4 Å². The first-order valence-electron chi connectivity index (χ1n) is 14.2. The van der Waals surface area contributed by atoms with E-state index >= 15 is 0 Å². The number of carbonyl (C=O) groups is 1. The van der Waals surface area contributed by atoms with E-state index in [1.807, 2.05) is 13.8 Å². The van der Waals surface area contributed by atoms with Crippen LogP contribution in [0.25, 0.3) is 11.4 Å². The second-order valence-electron chi connectivity index (χ2n) is 10.9. The predicted octanol–water partition coefficient (Wildman–Crippen LogP) is 6.14. The molecule has 0 spiro atoms. The van der Waals surface area contributed by atoms with Crippen LogP contribution in [0.1, 0.15) is 45.1 Å². The van der Waals surface area contributed by atoms with Crippen LogP contribution in [0.4, 0.5) is 35.2 Å². The minimum atomic E-state index is -4.50. The number of nitrogens with one attached hydrogen (secondary N) is 1. The average Bonchev–Trinajstić information content (AvgIpc) is 2.99. The molecule has 4 heterocycles. The van der Waals surface area contributed by atoms with Gasteiger partial charge < -0.3 is 24.4 Å². The van der Waals surface area contributed by atoms with Crippen molar-refractivity contribution in [1.82, 2.24) is 15.0 Å². The van der Waals surface area contributed by atoms with Gasteiger partial charge in [0.1, 0.15) is 5.75 Å². The first-order chi connectivity index (χ1) is 20.5. The lowest BCUT2D eigenvalue weighted by Gasteiger charge is -2.45. The van der Waals surface area contributed by atoms with Crippen LogP contribution < -0.4 is 19.9 Å². The maximum absolute atomic E-state index is 13.7. The maximum Gasteiger partial charge on any atom is 0.416 e. The normalized spacial score (nSPS) is 16.6. The van der Waals surface area contributed by atoms with E-state index in [9.17, 15) is 18.0 Å². The summed E-state index contributed by atoms with van der Waals surface area (Å²) in [6.45, 7) is 6.08. The number of piperidine rings is 1. The number of alkyl halides is 3. The lowest BCUT2D eigenvalue weighted by molar-refractivity contribution is -0.197. The van der Waals surface area contributed by atoms with Crippen molar-refractivity contribution >= 4 is 23.2 Å². The van der Waals surface area contributed by atoms with Crippen molar-refractivity contribution in [1.29, 1.82) is 0 Å². The molecule has 43 heavy (non-hydrogen) atoms. The molecule has 2 aliphatic heterocycles. The molecule has 5 rings (SSSR count). The zero-order valence-corrected chi connectivity index (χ0v) is 24.4. The summed E-state index contributed by atoms with van der Waals surface area (Å²) in [5.74, 6) is 0.341. The molecule has 1 atom stereocenters. The van der Waals surface area contributed by atoms with Gasteiger partial charge in [0.2, 0.25) is 0 Å². The quantitative estimate of drug-likeness (QED) is 0.219. The minimum absolute atomic E-state index is 0.108. The molecule has 1 saturated heterocycles. The highest BCUT2D eigenvalue weighted by Crippen LogP contribution is 2.39. The van der Waals surface area contributed by atoms with Crippen LogP contribution in [0.15, 0.2) is 48.9 Å². The number of hydrogen-bond donors (Lipinski definition) is 1. The van der Waals surface area contributed by atoms with Gasteiger partial charge in [-0.3, -0.25) is 9.88 Å². The molecule has 2 amide bonds. The Morgan fingerprint density at radius 2 is 1.93 bits per heavy atom. The van der Waals surface area contributed by atoms with E-state index in [1.165, 1.54) is 18.3 Å². The molecule has 13 heteroatoms. The summed E-state index contributed by atoms with van der Waals surface area (Å²) in [5.41, 5.74) is 0.528. The number of methoxy groups -OCH3 is 1. The van der Waals surface area contributed by atoms with Gasteiger partial charge in [0.05, 0.1) is 54.8 Å². The number of rotatable bonds is 10. The lowest BCUT2D eigenvalue weighted by atomic mass is 10.0. The number of urea groups is 1. The molecular weight excluding hydrogens is 565 g/mol. The standard InChI is InChI=1S/C30H35F3N6O4/c1-29(2,41-3)43-13-5-4-12-42-24-15-22(16-34-17-24)36-28(40)39-23-10-7-11-38(19-23)25-18-35-26(37-27(25)39)20-8-6-9-21(14-20)30(31,32)33/h6,8-9,14-18,23H,4-5,7,10-13,19H2,1-3H3,(H,36,40)/t23-/m0/s1. The van der Waals surface area contributed by atoms with Gasteiger partial charge in [-0.05, 0) is 51.7 Å². The highest BCUT2D eigenvalue weighted by Gasteiger charge is 2.39. The number of carbonyl (C=O) groups excluding carboxylic acids is 1. The van der Waals surface area contributed by atoms with Gasteiger partial charge >= 0.3 is 12.2 Å². The van der Waals surface area contributed by atoms with Crippen molar-refractivity contribution in [3.63, 3.8) is 0 Å².